The average molecular weight is 1630 g/mol. The van der Waals surface area contributed by atoms with Crippen molar-refractivity contribution >= 4 is 186 Å². The molecule has 0 N–H and O–H groups in total. The van der Waals surface area contributed by atoms with Gasteiger partial charge in [-0.2, -0.15) is 0 Å². The summed E-state index contributed by atoms with van der Waals surface area (Å²) in [6.07, 6.45) is -6.20. The van der Waals surface area contributed by atoms with Gasteiger partial charge < -0.3 is 37.2 Å². The predicted octanol–water partition coefficient (Wildman–Crippen LogP) is 0.0710. The zero-order chi connectivity index (χ0) is 75.1. The van der Waals surface area contributed by atoms with Crippen molar-refractivity contribution in [3.63, 3.8) is 0 Å². The van der Waals surface area contributed by atoms with Gasteiger partial charge in [-0.25, -0.2) is 72.0 Å². The van der Waals surface area contributed by atoms with Crippen LogP contribution >= 0.6 is 0 Å². The van der Waals surface area contributed by atoms with E-state index in [9.17, 15) is 51.9 Å². The van der Waals surface area contributed by atoms with Crippen molar-refractivity contribution in [2.24, 2.45) is 0 Å². The predicted molar refractivity (Wildman–Crippen MR) is 363 cm³/mol. The first-order valence-electron chi connectivity index (χ1n) is 34.0. The minimum Gasteiger partial charge on any atom is -0.748 e. The fourth-order valence-corrected chi connectivity index (χ4v) is 20.4. The first-order valence-corrected chi connectivity index (χ1v) is 40.3. The van der Waals surface area contributed by atoms with Crippen LogP contribution in [0.4, 0.5) is 38.4 Å². The van der Waals surface area contributed by atoms with Crippen LogP contribution in [0.3, 0.4) is 0 Å². The Hall–Kier alpha value is -7.08. The fourth-order valence-electron chi connectivity index (χ4n) is 18.5. The molecule has 0 spiro atoms. The maximum Gasteiger partial charge on any atom is 2.00 e. The second-order valence-electron chi connectivity index (χ2n) is 28.9. The molecule has 13 aliphatic rings. The van der Waals surface area contributed by atoms with E-state index < -0.39 is 199 Å². The maximum atomic E-state index is 15.9. The summed E-state index contributed by atoms with van der Waals surface area (Å²) in [6, 6.07) is 7.17. The number of urea groups is 8. The van der Waals surface area contributed by atoms with Crippen LogP contribution in [0.5, 0.6) is 23.0 Å². The summed E-state index contributed by atoms with van der Waals surface area (Å²) >= 11 is 0. The van der Waals surface area contributed by atoms with Gasteiger partial charge in [0.2, 0.25) is 0 Å². The Bertz CT molecular complexity index is 4560. The van der Waals surface area contributed by atoms with E-state index in [-0.39, 0.29) is 177 Å². The molecule has 17 rings (SSSR count). The van der Waals surface area contributed by atoms with Gasteiger partial charge in [0.1, 0.15) is 63.0 Å². The Morgan fingerprint density at radius 1 is 0.315 bits per heavy atom. The number of amides is 16. The smallest absolute Gasteiger partial charge is 0.748 e. The first-order chi connectivity index (χ1) is 49.9. The molecule has 108 heavy (non-hydrogen) atoms. The van der Waals surface area contributed by atoms with Crippen molar-refractivity contribution in [2.75, 3.05) is 89.5 Å². The summed E-state index contributed by atoms with van der Waals surface area (Å²) in [6.45, 7) is 0.528. The topological polar surface area (TPSA) is 454 Å². The van der Waals surface area contributed by atoms with Crippen molar-refractivity contribution in [3.05, 3.63) is 70.8 Å². The van der Waals surface area contributed by atoms with Crippen molar-refractivity contribution in [3.8, 4) is 23.0 Å². The van der Waals surface area contributed by atoms with Crippen LogP contribution in [-0.2, 0) is 66.7 Å². The summed E-state index contributed by atoms with van der Waals surface area (Å²) in [7, 11) is -18.6. The Labute approximate surface area is 677 Å². The molecule has 40 nitrogen and oxygen atoms in total. The van der Waals surface area contributed by atoms with Gasteiger partial charge in [0.15, 0.2) is 47.3 Å². The van der Waals surface area contributed by atoms with Crippen molar-refractivity contribution in [1.82, 2.24) is 78.4 Å². The monoisotopic (exact) mass is 1630 g/mol. The van der Waals surface area contributed by atoms with Gasteiger partial charge in [-0.15, -0.1) is 0 Å². The van der Waals surface area contributed by atoms with E-state index in [0.717, 1.165) is 0 Å². The molecule has 11 saturated heterocycles. The molecule has 0 radical (unpaired) electrons. The number of hydrogen-bond donors (Lipinski definition) is 0. The molecule has 0 unspecified atom stereocenters. The van der Waals surface area contributed by atoms with Gasteiger partial charge in [0.05, 0.1) is 93.1 Å². The molecule has 0 aliphatic carbocycles. The average Bonchev–Trinajstić information content (AvgIpc) is 1.49. The van der Waals surface area contributed by atoms with E-state index in [1.54, 1.807) is 76.2 Å². The van der Waals surface area contributed by atoms with E-state index in [0.29, 0.717) is 43.8 Å². The Balaban J connectivity index is 0.00000465. The van der Waals surface area contributed by atoms with Gasteiger partial charge >= 0.3 is 124 Å². The normalized spacial score (nSPS) is 27.9. The molecule has 11 fully saturated rings. The first kappa shape index (κ1) is 76.3. The molecular formula is C62H68Ca2N16O24S4. The van der Waals surface area contributed by atoms with Crippen LogP contribution in [-0.4, -0.2) is 391 Å². The molecular weight excluding hydrogens is 1560 g/mol. The van der Waals surface area contributed by atoms with Gasteiger partial charge in [-0.1, -0.05) is 24.3 Å². The van der Waals surface area contributed by atoms with Gasteiger partial charge in [0, 0.05) is 45.3 Å². The summed E-state index contributed by atoms with van der Waals surface area (Å²) in [4.78, 5) is 148. The zero-order valence-corrected chi connectivity index (χ0v) is 66.2. The minimum atomic E-state index is -4.66. The van der Waals surface area contributed by atoms with Crippen LogP contribution < -0.4 is 18.9 Å². The van der Waals surface area contributed by atoms with Crippen molar-refractivity contribution in [2.45, 2.75) is 127 Å². The second-order valence-corrected chi connectivity index (χ2v) is 35.0. The number of hydrogen-bond acceptors (Lipinski definition) is 24. The zero-order valence-electron chi connectivity index (χ0n) is 58.5. The van der Waals surface area contributed by atoms with Gasteiger partial charge in [-0.05, 0) is 99.2 Å². The molecule has 16 amide bonds. The minimum absolute atomic E-state index is 0. The molecule has 13 aliphatic heterocycles. The number of ether oxygens (including phenoxy) is 4. The van der Waals surface area contributed by atoms with Crippen molar-refractivity contribution < 1.29 is 109 Å². The number of rotatable bonds is 20. The molecule has 0 atom stereocenters. The number of carbonyl (C=O) groups excluding carboxylic acids is 8. The quantitative estimate of drug-likeness (QED) is 0.0642. The summed E-state index contributed by atoms with van der Waals surface area (Å²) in [5, 5.41) is 1.95. The van der Waals surface area contributed by atoms with Gasteiger partial charge in [-0.3, -0.25) is 78.4 Å². The third kappa shape index (κ3) is 10.9. The third-order valence-electron chi connectivity index (χ3n) is 23.8. The molecule has 568 valence electrons. The molecule has 4 aromatic carbocycles. The molecule has 0 saturated carbocycles. The Morgan fingerprint density at radius 2 is 0.509 bits per heavy atom. The summed E-state index contributed by atoms with van der Waals surface area (Å²) in [5.41, 5.74) is -5.68. The molecule has 0 aromatic heterocycles. The van der Waals surface area contributed by atoms with Gasteiger partial charge in [0.25, 0.3) is 0 Å². The van der Waals surface area contributed by atoms with Crippen LogP contribution in [0.15, 0.2) is 48.5 Å². The fraction of sp³-hybridized carbons (Fsp3) is 0.548. The van der Waals surface area contributed by atoms with Crippen LogP contribution in [0.25, 0.3) is 21.5 Å². The van der Waals surface area contributed by atoms with Crippen LogP contribution in [0.1, 0.15) is 75.6 Å². The van der Waals surface area contributed by atoms with Crippen molar-refractivity contribution in [1.29, 1.82) is 0 Å². The second kappa shape index (κ2) is 25.7. The van der Waals surface area contributed by atoms with E-state index >= 15 is 38.4 Å². The molecule has 4 aromatic rings. The summed E-state index contributed by atoms with van der Waals surface area (Å²) < 4.78 is 165. The number of carbonyl (C=O) groups is 8. The van der Waals surface area contributed by atoms with E-state index in [1.807, 2.05) is 0 Å². The number of benzene rings is 4. The maximum absolute atomic E-state index is 15.9. The van der Waals surface area contributed by atoms with E-state index in [2.05, 4.69) is 0 Å². The molecule has 0 bridgehead atoms. The molecule has 13 heterocycles. The standard InChI is InChI=1S/C62H72N16O24S4.2Ca/c1-59-61(3)75-31-67-49-47-63(51(67)79)29-65-48-50-69(53(65)81)33-77-57(85)73-27-39-43(101-19-7-23-105(93,94)95)15-11-36-12-16-44(102-20-8-24-106(96,97)98)40(46(36)39)28-74-58(86)78(62(77,4)60(73,74)2)34-70(50)54(82)66(48)30-64(47)52(80)68(49)32-76(61)56(84)72(59)26-38-42(100-18-6-22-104(90,91)92)14-10-35-9-13-41(99-17-5-21-103(87,88)89)37(45(35)38)25-71(59)55(75)83;;/h9-16,47-50H,5-8,17-34H2,1-4H3,(H,87,88,89)(H,90,91,92)(H,93,94,95)(H,96,97,98);;/q;2*+2/p-4. The van der Waals surface area contributed by atoms with E-state index in [1.165, 1.54) is 78.4 Å². The SMILES string of the molecule is CC12N3Cc4c(OCCCS(=O)(=O)[O-])ccc5ccc(OCCCS(=O)(=O)[O-])c(c45)CN1C(=O)N1CN4C(=O)N5CN6C(=O)N7CN8C(=O)N9Cc%10c(OCCCS(=O)(=O)[O-])ccc%11ccc(OCCCS(=O)(=O)[O-])c(c%10%11)CN%10C(=O)N(CN%11C(=O)N(CN%12C(=O)N(CN(C3=O)C12C)C4C%125)C6C%117)C8(C)C%109C.[Ca+2].[Ca+2]. The van der Waals surface area contributed by atoms with Crippen LogP contribution in [0.2, 0.25) is 0 Å². The Morgan fingerprint density at radius 3 is 0.713 bits per heavy atom. The summed E-state index contributed by atoms with van der Waals surface area (Å²) in [5.74, 6) is -2.40. The Kier molecular flexibility index (Phi) is 18.2. The number of nitrogens with zero attached hydrogens (tertiary/aromatic N) is 16. The largest absolute Gasteiger partial charge is 2.00 e. The van der Waals surface area contributed by atoms with E-state index in [4.69, 9.17) is 18.9 Å². The molecule has 46 heteroatoms. The third-order valence-corrected chi connectivity index (χ3v) is 26.9. The van der Waals surface area contributed by atoms with Crippen LogP contribution in [0, 0.1) is 0 Å².